The molecule has 1 heterocycles. The Balaban J connectivity index is 0.00000334. The lowest BCUT2D eigenvalue weighted by molar-refractivity contribution is -0.137. The zero-order chi connectivity index (χ0) is 28.4. The standard InChI is InChI=1S/C28H31F3N4.C2H6/c1-8-34-27(5,20(3)13-12-19(2)23-11-9-10-22(16-23)17-32)26(21(4)35(6)7)25-15-14-24(18-33-25)28(29,30)31;1-2/h8-16,18,26,34H,1,4H2,2-3,5-7H3;1-2H3/b19-12+,20-13+;. The molecular weight excluding hydrogens is 473 g/mol. The first kappa shape index (κ1) is 31.2. The van der Waals surface area contributed by atoms with Gasteiger partial charge in [-0.2, -0.15) is 18.4 Å². The fraction of sp³-hybridized carbons (Fsp3) is 0.333. The zero-order valence-corrected chi connectivity index (χ0v) is 22.7. The summed E-state index contributed by atoms with van der Waals surface area (Å²) in [5.41, 5.74) is 2.85. The van der Waals surface area contributed by atoms with Crippen molar-refractivity contribution in [3.05, 3.63) is 108 Å². The molecule has 0 spiro atoms. The van der Waals surface area contributed by atoms with Crippen LogP contribution < -0.4 is 5.32 Å². The molecule has 0 amide bonds. The van der Waals surface area contributed by atoms with Gasteiger partial charge in [-0.15, -0.1) is 0 Å². The normalized spacial score (nSPS) is 14.3. The first-order chi connectivity index (χ1) is 17.3. The van der Waals surface area contributed by atoms with Gasteiger partial charge in [-0.05, 0) is 67.9 Å². The molecule has 0 saturated carbocycles. The number of hydrogen-bond acceptors (Lipinski definition) is 4. The van der Waals surface area contributed by atoms with Gasteiger partial charge in [0, 0.05) is 26.0 Å². The van der Waals surface area contributed by atoms with Gasteiger partial charge in [0.15, 0.2) is 0 Å². The molecule has 0 radical (unpaired) electrons. The first-order valence-electron chi connectivity index (χ1n) is 12.0. The SMILES string of the molecule is C=CNC(C)(/C(C)=C/C=C(\C)c1cccc(C#N)c1)C(C(=C)N(C)C)c1ccc(C(F)(F)F)cn1.CC. The van der Waals surface area contributed by atoms with E-state index >= 15 is 0 Å². The lowest BCUT2D eigenvalue weighted by Gasteiger charge is -2.42. The molecule has 0 aliphatic heterocycles. The molecule has 37 heavy (non-hydrogen) atoms. The van der Waals surface area contributed by atoms with Crippen molar-refractivity contribution in [2.45, 2.75) is 52.3 Å². The van der Waals surface area contributed by atoms with E-state index in [1.807, 2.05) is 84.0 Å². The number of halogens is 3. The van der Waals surface area contributed by atoms with E-state index in [1.165, 1.54) is 6.07 Å². The highest BCUT2D eigenvalue weighted by molar-refractivity contribution is 5.66. The van der Waals surface area contributed by atoms with E-state index in [2.05, 4.69) is 29.5 Å². The third-order valence-corrected chi connectivity index (χ3v) is 6.15. The number of alkyl halides is 3. The predicted octanol–water partition coefficient (Wildman–Crippen LogP) is 7.70. The van der Waals surface area contributed by atoms with E-state index in [1.54, 1.807) is 12.3 Å². The Hall–Kier alpha value is -3.79. The maximum atomic E-state index is 13.1. The summed E-state index contributed by atoms with van der Waals surface area (Å²) in [7, 11) is 3.66. The number of pyridine rings is 1. The molecule has 1 aromatic heterocycles. The van der Waals surface area contributed by atoms with Crippen LogP contribution in [0.25, 0.3) is 5.57 Å². The Labute approximate surface area is 219 Å². The van der Waals surface area contributed by atoms with E-state index in [0.717, 1.165) is 29.0 Å². The Kier molecular flexibility index (Phi) is 11.4. The second-order valence-electron chi connectivity index (χ2n) is 8.73. The summed E-state index contributed by atoms with van der Waals surface area (Å²) in [5, 5.41) is 12.5. The quantitative estimate of drug-likeness (QED) is 0.351. The summed E-state index contributed by atoms with van der Waals surface area (Å²) >= 11 is 0. The van der Waals surface area contributed by atoms with Crippen LogP contribution in [0.4, 0.5) is 13.2 Å². The fourth-order valence-corrected chi connectivity index (χ4v) is 3.79. The van der Waals surface area contributed by atoms with Crippen LogP contribution in [0, 0.1) is 11.3 Å². The molecule has 7 heteroatoms. The van der Waals surface area contributed by atoms with Crippen molar-refractivity contribution in [2.75, 3.05) is 14.1 Å². The third kappa shape index (κ3) is 7.85. The number of nitrogens with one attached hydrogen (secondary N) is 1. The average Bonchev–Trinajstić information content (AvgIpc) is 2.88. The Morgan fingerprint density at radius 3 is 2.27 bits per heavy atom. The van der Waals surface area contributed by atoms with E-state index in [9.17, 15) is 18.4 Å². The second-order valence-corrected chi connectivity index (χ2v) is 8.73. The lowest BCUT2D eigenvalue weighted by atomic mass is 9.75. The Morgan fingerprint density at radius 1 is 1.14 bits per heavy atom. The van der Waals surface area contributed by atoms with E-state index in [-0.39, 0.29) is 0 Å². The molecule has 0 aliphatic rings. The van der Waals surface area contributed by atoms with Crippen molar-refractivity contribution < 1.29 is 13.2 Å². The number of rotatable bonds is 9. The van der Waals surface area contributed by atoms with Gasteiger partial charge in [-0.3, -0.25) is 4.98 Å². The number of allylic oxidation sites excluding steroid dienone is 3. The van der Waals surface area contributed by atoms with Gasteiger partial charge in [0.05, 0.1) is 34.3 Å². The summed E-state index contributed by atoms with van der Waals surface area (Å²) in [5.74, 6) is -0.496. The molecule has 2 aromatic rings. The third-order valence-electron chi connectivity index (χ3n) is 6.15. The summed E-state index contributed by atoms with van der Waals surface area (Å²) < 4.78 is 39.4. The number of likely N-dealkylation sites (N-methyl/N-ethyl adjacent to an activating group) is 1. The van der Waals surface area contributed by atoms with E-state index in [0.29, 0.717) is 17.0 Å². The second kappa shape index (κ2) is 13.5. The summed E-state index contributed by atoms with van der Waals surface area (Å²) in [6.45, 7) is 17.9. The fourth-order valence-electron chi connectivity index (χ4n) is 3.79. The number of aromatic nitrogens is 1. The highest BCUT2D eigenvalue weighted by Gasteiger charge is 2.40. The van der Waals surface area contributed by atoms with Crippen LogP contribution in [0.2, 0.25) is 0 Å². The van der Waals surface area contributed by atoms with Crippen molar-refractivity contribution in [1.82, 2.24) is 15.2 Å². The van der Waals surface area contributed by atoms with E-state index in [4.69, 9.17) is 0 Å². The average molecular weight is 511 g/mol. The summed E-state index contributed by atoms with van der Waals surface area (Å²) in [6.07, 6.45) is 1.84. The first-order valence-corrected chi connectivity index (χ1v) is 12.0. The number of nitriles is 1. The van der Waals surface area contributed by atoms with Crippen LogP contribution in [-0.2, 0) is 6.18 Å². The molecule has 0 fully saturated rings. The number of benzene rings is 1. The smallest absolute Gasteiger partial charge is 0.381 e. The minimum atomic E-state index is -4.47. The highest BCUT2D eigenvalue weighted by Crippen LogP contribution is 2.40. The van der Waals surface area contributed by atoms with Gasteiger partial charge in [0.1, 0.15) is 0 Å². The largest absolute Gasteiger partial charge is 0.417 e. The summed E-state index contributed by atoms with van der Waals surface area (Å²) in [6, 6.07) is 11.9. The van der Waals surface area contributed by atoms with Crippen molar-refractivity contribution in [3.63, 3.8) is 0 Å². The highest BCUT2D eigenvalue weighted by atomic mass is 19.4. The molecular formula is C30H37F3N4. The Bertz CT molecular complexity index is 1170. The van der Waals surface area contributed by atoms with Crippen LogP contribution in [0.1, 0.15) is 62.9 Å². The maximum absolute atomic E-state index is 13.1. The molecule has 0 saturated heterocycles. The monoisotopic (exact) mass is 510 g/mol. The maximum Gasteiger partial charge on any atom is 0.417 e. The van der Waals surface area contributed by atoms with Crippen LogP contribution >= 0.6 is 0 Å². The van der Waals surface area contributed by atoms with Crippen molar-refractivity contribution in [1.29, 1.82) is 5.26 Å². The minimum absolute atomic E-state index is 0.448. The van der Waals surface area contributed by atoms with Crippen LogP contribution in [0.3, 0.4) is 0 Å². The molecule has 2 atom stereocenters. The molecule has 4 nitrogen and oxygen atoms in total. The number of nitrogens with zero attached hydrogens (tertiary/aromatic N) is 3. The van der Waals surface area contributed by atoms with Crippen LogP contribution in [0.5, 0.6) is 0 Å². The molecule has 2 unspecified atom stereocenters. The van der Waals surface area contributed by atoms with Gasteiger partial charge in [-0.25, -0.2) is 0 Å². The molecule has 1 aromatic carbocycles. The molecule has 0 bridgehead atoms. The molecule has 2 rings (SSSR count). The van der Waals surface area contributed by atoms with Crippen molar-refractivity contribution >= 4 is 5.57 Å². The Morgan fingerprint density at radius 2 is 1.78 bits per heavy atom. The van der Waals surface area contributed by atoms with Gasteiger partial charge < -0.3 is 10.2 Å². The lowest BCUT2D eigenvalue weighted by Crippen LogP contribution is -2.48. The molecule has 1 N–H and O–H groups in total. The number of hydrogen-bond donors (Lipinski definition) is 1. The van der Waals surface area contributed by atoms with Crippen LogP contribution in [0.15, 0.2) is 85.4 Å². The van der Waals surface area contributed by atoms with E-state index < -0.39 is 23.2 Å². The molecule has 0 aliphatic carbocycles. The zero-order valence-electron chi connectivity index (χ0n) is 22.7. The van der Waals surface area contributed by atoms with Gasteiger partial charge >= 0.3 is 6.18 Å². The van der Waals surface area contributed by atoms with Gasteiger partial charge in [-0.1, -0.05) is 51.3 Å². The van der Waals surface area contributed by atoms with Gasteiger partial charge in [0.25, 0.3) is 0 Å². The van der Waals surface area contributed by atoms with Crippen LogP contribution in [-0.4, -0.2) is 29.5 Å². The summed E-state index contributed by atoms with van der Waals surface area (Å²) in [4.78, 5) is 6.01. The minimum Gasteiger partial charge on any atom is -0.381 e. The van der Waals surface area contributed by atoms with Crippen molar-refractivity contribution in [3.8, 4) is 6.07 Å². The topological polar surface area (TPSA) is 52.0 Å². The predicted molar refractivity (Wildman–Crippen MR) is 146 cm³/mol. The van der Waals surface area contributed by atoms with Crippen molar-refractivity contribution in [2.24, 2.45) is 0 Å². The molecule has 198 valence electrons. The van der Waals surface area contributed by atoms with Gasteiger partial charge in [0.2, 0.25) is 0 Å².